The number of rotatable bonds is 9. The molecule has 32 heavy (non-hydrogen) atoms. The van der Waals surface area contributed by atoms with Gasteiger partial charge < -0.3 is 9.73 Å². The van der Waals surface area contributed by atoms with Gasteiger partial charge in [0.1, 0.15) is 11.6 Å². The van der Waals surface area contributed by atoms with Crippen LogP contribution in [0.4, 0.5) is 23.5 Å². The SMILES string of the molecule is C.CCS(=O)(=O)NCC(Nc1ncc(-c2nnc(C(F)F)o2)cn1)c1ccc(F)cc1F. The maximum atomic E-state index is 14.3. The van der Waals surface area contributed by atoms with Crippen molar-refractivity contribution in [2.24, 2.45) is 0 Å². The lowest BCUT2D eigenvalue weighted by atomic mass is 10.1. The summed E-state index contributed by atoms with van der Waals surface area (Å²) >= 11 is 0. The fraction of sp³-hybridized carbons (Fsp3) is 0.333. The molecule has 0 saturated heterocycles. The van der Waals surface area contributed by atoms with Crippen molar-refractivity contribution >= 4 is 16.0 Å². The molecule has 1 unspecified atom stereocenters. The number of alkyl halides is 2. The molecule has 3 aromatic rings. The quantitative estimate of drug-likeness (QED) is 0.450. The van der Waals surface area contributed by atoms with Gasteiger partial charge in [0.2, 0.25) is 16.0 Å². The highest BCUT2D eigenvalue weighted by Crippen LogP contribution is 2.24. The highest BCUT2D eigenvalue weighted by Gasteiger charge is 2.21. The number of aromatic nitrogens is 4. The molecule has 3 rings (SSSR count). The molecular weight excluding hydrogens is 456 g/mol. The first-order chi connectivity index (χ1) is 14.7. The van der Waals surface area contributed by atoms with Gasteiger partial charge in [0.15, 0.2) is 0 Å². The number of sulfonamides is 1. The van der Waals surface area contributed by atoms with Crippen molar-refractivity contribution < 1.29 is 30.4 Å². The molecule has 0 aliphatic heterocycles. The Bertz CT molecular complexity index is 1140. The lowest BCUT2D eigenvalue weighted by Crippen LogP contribution is -2.33. The van der Waals surface area contributed by atoms with Crippen molar-refractivity contribution in [2.75, 3.05) is 17.6 Å². The monoisotopic (exact) mass is 476 g/mol. The fourth-order valence-electron chi connectivity index (χ4n) is 2.44. The molecule has 0 spiro atoms. The Morgan fingerprint density at radius 1 is 1.12 bits per heavy atom. The van der Waals surface area contributed by atoms with E-state index >= 15 is 0 Å². The molecule has 2 heterocycles. The average molecular weight is 476 g/mol. The molecule has 174 valence electrons. The third kappa shape index (κ3) is 6.20. The standard InChI is InChI=1S/C17H16F4N6O3S.CH4/c1-2-31(28,29)24-8-13(11-4-3-10(18)5-12(11)19)25-17-22-6-9(7-23-17)15-26-27-16(30-15)14(20)21;/h3-7,13-14,24H,2,8H2,1H3,(H,22,23,25);1H4. The van der Waals surface area contributed by atoms with Gasteiger partial charge in [-0.1, -0.05) is 13.5 Å². The second kappa shape index (κ2) is 10.5. The molecular formula is C18H20F4N6O3S. The van der Waals surface area contributed by atoms with E-state index in [0.717, 1.165) is 6.07 Å². The molecule has 0 bridgehead atoms. The first-order valence-corrected chi connectivity index (χ1v) is 10.5. The average Bonchev–Trinajstić information content (AvgIpc) is 3.23. The summed E-state index contributed by atoms with van der Waals surface area (Å²) in [5.41, 5.74) is 0.132. The smallest absolute Gasteiger partial charge is 0.314 e. The molecule has 0 radical (unpaired) electrons. The molecule has 2 N–H and O–H groups in total. The minimum absolute atomic E-state index is 0. The topological polar surface area (TPSA) is 123 Å². The summed E-state index contributed by atoms with van der Waals surface area (Å²) in [5, 5.41) is 9.43. The lowest BCUT2D eigenvalue weighted by Gasteiger charge is -2.20. The number of nitrogens with zero attached hydrogens (tertiary/aromatic N) is 4. The predicted molar refractivity (Wildman–Crippen MR) is 107 cm³/mol. The second-order valence-electron chi connectivity index (χ2n) is 6.16. The Labute approximate surface area is 181 Å². The fourth-order valence-corrected chi connectivity index (χ4v) is 3.07. The van der Waals surface area contributed by atoms with Crippen molar-refractivity contribution in [3.63, 3.8) is 0 Å². The van der Waals surface area contributed by atoms with E-state index in [1.807, 2.05) is 0 Å². The third-order valence-corrected chi connectivity index (χ3v) is 5.42. The molecule has 2 aromatic heterocycles. The summed E-state index contributed by atoms with van der Waals surface area (Å²) in [6.07, 6.45) is -0.528. The van der Waals surface area contributed by atoms with Gasteiger partial charge in [-0.3, -0.25) is 0 Å². The van der Waals surface area contributed by atoms with Crippen molar-refractivity contribution in [3.8, 4) is 11.5 Å². The van der Waals surface area contributed by atoms with E-state index in [0.29, 0.717) is 6.07 Å². The Balaban J connectivity index is 0.00000363. The number of hydrogen-bond donors (Lipinski definition) is 2. The molecule has 1 aromatic carbocycles. The Kier molecular flexibility index (Phi) is 8.21. The molecule has 0 aliphatic carbocycles. The van der Waals surface area contributed by atoms with Crippen molar-refractivity contribution in [2.45, 2.75) is 26.8 Å². The highest BCUT2D eigenvalue weighted by molar-refractivity contribution is 7.89. The van der Waals surface area contributed by atoms with Crippen LogP contribution in [-0.2, 0) is 10.0 Å². The molecule has 0 aliphatic rings. The number of halogens is 4. The van der Waals surface area contributed by atoms with Crippen LogP contribution in [0.1, 0.15) is 38.3 Å². The van der Waals surface area contributed by atoms with E-state index in [1.165, 1.54) is 25.4 Å². The van der Waals surface area contributed by atoms with Gasteiger partial charge >= 0.3 is 6.43 Å². The molecule has 9 nitrogen and oxygen atoms in total. The van der Waals surface area contributed by atoms with Crippen LogP contribution in [0.15, 0.2) is 35.0 Å². The van der Waals surface area contributed by atoms with Gasteiger partial charge in [-0.15, -0.1) is 10.2 Å². The van der Waals surface area contributed by atoms with Crippen LogP contribution in [0.5, 0.6) is 0 Å². The first-order valence-electron chi connectivity index (χ1n) is 8.81. The van der Waals surface area contributed by atoms with E-state index in [9.17, 15) is 26.0 Å². The molecule has 0 amide bonds. The third-order valence-electron chi connectivity index (χ3n) is 4.05. The Morgan fingerprint density at radius 3 is 2.38 bits per heavy atom. The normalized spacial score (nSPS) is 12.4. The van der Waals surface area contributed by atoms with E-state index in [4.69, 9.17) is 4.42 Å². The number of nitrogens with one attached hydrogen (secondary N) is 2. The van der Waals surface area contributed by atoms with Gasteiger partial charge in [-0.05, 0) is 13.0 Å². The van der Waals surface area contributed by atoms with Gasteiger partial charge in [-0.2, -0.15) is 8.78 Å². The Morgan fingerprint density at radius 2 is 1.81 bits per heavy atom. The first kappa shape index (κ1) is 25.1. The van der Waals surface area contributed by atoms with Crippen LogP contribution in [-0.4, -0.2) is 40.9 Å². The molecule has 0 fully saturated rings. The zero-order chi connectivity index (χ0) is 22.6. The Hall–Kier alpha value is -3.13. The molecule has 0 saturated carbocycles. The van der Waals surface area contributed by atoms with Gasteiger partial charge in [0.25, 0.3) is 11.8 Å². The summed E-state index contributed by atoms with van der Waals surface area (Å²) in [6.45, 7) is 1.16. The highest BCUT2D eigenvalue weighted by atomic mass is 32.2. The van der Waals surface area contributed by atoms with Gasteiger partial charge in [0.05, 0.1) is 17.4 Å². The molecule has 1 atom stereocenters. The van der Waals surface area contributed by atoms with Crippen molar-refractivity contribution in [1.82, 2.24) is 24.9 Å². The van der Waals surface area contributed by atoms with E-state index in [-0.39, 0.29) is 42.7 Å². The summed E-state index contributed by atoms with van der Waals surface area (Å²) in [7, 11) is -3.60. The van der Waals surface area contributed by atoms with Crippen LogP contribution in [0.25, 0.3) is 11.5 Å². The molecule has 14 heteroatoms. The van der Waals surface area contributed by atoms with Gasteiger partial charge in [-0.25, -0.2) is 31.9 Å². The zero-order valence-corrected chi connectivity index (χ0v) is 16.7. The lowest BCUT2D eigenvalue weighted by molar-refractivity contribution is 0.116. The van der Waals surface area contributed by atoms with Crippen LogP contribution in [0.2, 0.25) is 0 Å². The number of benzene rings is 1. The minimum Gasteiger partial charge on any atom is -0.415 e. The van der Waals surface area contributed by atoms with Gasteiger partial charge in [0, 0.05) is 30.6 Å². The summed E-state index contributed by atoms with van der Waals surface area (Å²) in [5.74, 6) is -3.00. The zero-order valence-electron chi connectivity index (χ0n) is 15.9. The largest absolute Gasteiger partial charge is 0.415 e. The number of anilines is 1. The van der Waals surface area contributed by atoms with Crippen LogP contribution in [0, 0.1) is 11.6 Å². The van der Waals surface area contributed by atoms with Crippen molar-refractivity contribution in [1.29, 1.82) is 0 Å². The van der Waals surface area contributed by atoms with E-state index in [1.54, 1.807) is 0 Å². The van der Waals surface area contributed by atoms with E-state index in [2.05, 4.69) is 30.2 Å². The summed E-state index contributed by atoms with van der Waals surface area (Å²) in [6, 6.07) is 1.88. The van der Waals surface area contributed by atoms with Crippen LogP contribution in [0.3, 0.4) is 0 Å². The number of hydrogen-bond acceptors (Lipinski definition) is 8. The van der Waals surface area contributed by atoms with Crippen LogP contribution < -0.4 is 10.0 Å². The maximum absolute atomic E-state index is 14.3. The summed E-state index contributed by atoms with van der Waals surface area (Å²) in [4.78, 5) is 7.95. The van der Waals surface area contributed by atoms with Crippen molar-refractivity contribution in [3.05, 3.63) is 53.7 Å². The minimum atomic E-state index is -3.60. The van der Waals surface area contributed by atoms with E-state index < -0.39 is 40.0 Å². The van der Waals surface area contributed by atoms with Crippen LogP contribution >= 0.6 is 0 Å². The summed E-state index contributed by atoms with van der Waals surface area (Å²) < 4.78 is 83.3. The predicted octanol–water partition coefficient (Wildman–Crippen LogP) is 3.47. The maximum Gasteiger partial charge on any atom is 0.314 e. The second-order valence-corrected chi connectivity index (χ2v) is 8.25.